The Morgan fingerprint density at radius 2 is 1.59 bits per heavy atom. The van der Waals surface area contributed by atoms with Crippen LogP contribution >= 0.6 is 0 Å². The first-order chi connectivity index (χ1) is 12.9. The summed E-state index contributed by atoms with van der Waals surface area (Å²) in [5.41, 5.74) is 0.751. The number of rotatable bonds is 7. The largest absolute Gasteiger partial charge is 0.351 e. The summed E-state index contributed by atoms with van der Waals surface area (Å²) >= 11 is 0. The second-order valence-electron chi connectivity index (χ2n) is 5.66. The molecule has 0 spiro atoms. The van der Waals surface area contributed by atoms with E-state index in [1.165, 1.54) is 0 Å². The Labute approximate surface area is 155 Å². The number of halogens is 2. The molecule has 3 amide bonds. The Kier molecular flexibility index (Phi) is 6.99. The van der Waals surface area contributed by atoms with Gasteiger partial charge < -0.3 is 16.0 Å². The van der Waals surface area contributed by atoms with Crippen LogP contribution in [-0.4, -0.2) is 24.3 Å². The van der Waals surface area contributed by atoms with E-state index in [1.807, 2.05) is 0 Å². The summed E-state index contributed by atoms with van der Waals surface area (Å²) in [6, 6.07) is 9.28. The monoisotopic (exact) mass is 375 g/mol. The van der Waals surface area contributed by atoms with Gasteiger partial charge in [-0.15, -0.1) is 0 Å². The van der Waals surface area contributed by atoms with Crippen LogP contribution in [0.5, 0.6) is 0 Å². The number of hydrogen-bond acceptors (Lipinski definition) is 3. The Morgan fingerprint density at radius 3 is 2.22 bits per heavy atom. The van der Waals surface area contributed by atoms with E-state index in [0.29, 0.717) is 23.9 Å². The van der Waals surface area contributed by atoms with Crippen molar-refractivity contribution < 1.29 is 23.2 Å². The van der Waals surface area contributed by atoms with E-state index >= 15 is 0 Å². The summed E-state index contributed by atoms with van der Waals surface area (Å²) in [7, 11) is 0. The molecule has 0 atom stereocenters. The SMILES string of the molecule is CCC(=O)Nc1cccc(NC(=O)CCNC(=O)c2ccc(F)cc2F)c1. The van der Waals surface area contributed by atoms with Crippen molar-refractivity contribution in [2.75, 3.05) is 17.2 Å². The van der Waals surface area contributed by atoms with Crippen LogP contribution < -0.4 is 16.0 Å². The number of benzene rings is 2. The zero-order chi connectivity index (χ0) is 19.8. The third-order valence-corrected chi connectivity index (χ3v) is 3.56. The van der Waals surface area contributed by atoms with Crippen LogP contribution in [0.3, 0.4) is 0 Å². The Hall–Kier alpha value is -3.29. The molecule has 0 aromatic heterocycles. The number of nitrogens with one attached hydrogen (secondary N) is 3. The van der Waals surface area contributed by atoms with E-state index in [9.17, 15) is 23.2 Å². The summed E-state index contributed by atoms with van der Waals surface area (Å²) in [4.78, 5) is 35.2. The lowest BCUT2D eigenvalue weighted by molar-refractivity contribution is -0.116. The molecule has 27 heavy (non-hydrogen) atoms. The second-order valence-corrected chi connectivity index (χ2v) is 5.66. The van der Waals surface area contributed by atoms with Crippen LogP contribution in [0, 0.1) is 11.6 Å². The van der Waals surface area contributed by atoms with Gasteiger partial charge in [-0.25, -0.2) is 8.78 Å². The molecule has 0 fully saturated rings. The molecule has 0 aliphatic carbocycles. The molecule has 2 aromatic carbocycles. The van der Waals surface area contributed by atoms with Crippen LogP contribution in [0.2, 0.25) is 0 Å². The fourth-order valence-electron chi connectivity index (χ4n) is 2.21. The maximum absolute atomic E-state index is 13.5. The Balaban J connectivity index is 1.83. The summed E-state index contributed by atoms with van der Waals surface area (Å²) < 4.78 is 26.4. The van der Waals surface area contributed by atoms with Crippen molar-refractivity contribution in [1.29, 1.82) is 0 Å². The molecule has 2 rings (SSSR count). The van der Waals surface area contributed by atoms with Gasteiger partial charge in [0.1, 0.15) is 11.6 Å². The number of amides is 3. The lowest BCUT2D eigenvalue weighted by Crippen LogP contribution is -2.28. The van der Waals surface area contributed by atoms with Crippen molar-refractivity contribution in [3.05, 3.63) is 59.7 Å². The predicted molar refractivity (Wildman–Crippen MR) is 97.3 cm³/mol. The van der Waals surface area contributed by atoms with Gasteiger partial charge in [-0.2, -0.15) is 0 Å². The first kappa shape index (κ1) is 20.0. The van der Waals surface area contributed by atoms with E-state index in [4.69, 9.17) is 0 Å². The lowest BCUT2D eigenvalue weighted by atomic mass is 10.2. The minimum absolute atomic E-state index is 0.0201. The zero-order valence-electron chi connectivity index (χ0n) is 14.6. The first-order valence-electron chi connectivity index (χ1n) is 8.32. The highest BCUT2D eigenvalue weighted by Crippen LogP contribution is 2.15. The third-order valence-electron chi connectivity index (χ3n) is 3.56. The van der Waals surface area contributed by atoms with Crippen LogP contribution in [0.1, 0.15) is 30.1 Å². The molecular weight excluding hydrogens is 356 g/mol. The van der Waals surface area contributed by atoms with Crippen molar-refractivity contribution >= 4 is 29.1 Å². The smallest absolute Gasteiger partial charge is 0.254 e. The zero-order valence-corrected chi connectivity index (χ0v) is 14.6. The molecule has 8 heteroatoms. The fraction of sp³-hybridized carbons (Fsp3) is 0.211. The molecule has 0 aliphatic heterocycles. The molecule has 0 heterocycles. The topological polar surface area (TPSA) is 87.3 Å². The maximum atomic E-state index is 13.5. The average molecular weight is 375 g/mol. The van der Waals surface area contributed by atoms with Gasteiger partial charge in [0.2, 0.25) is 11.8 Å². The molecule has 0 unspecified atom stereocenters. The molecule has 3 N–H and O–H groups in total. The standard InChI is InChI=1S/C19H19F2N3O3/c1-2-17(25)23-13-4-3-5-14(11-13)24-18(26)8-9-22-19(27)15-7-6-12(20)10-16(15)21/h3-7,10-11H,2,8-9H2,1H3,(H,22,27)(H,23,25)(H,24,26). The van der Waals surface area contributed by atoms with Crippen LogP contribution in [0.4, 0.5) is 20.2 Å². The van der Waals surface area contributed by atoms with Crippen molar-refractivity contribution in [3.63, 3.8) is 0 Å². The Morgan fingerprint density at radius 1 is 0.926 bits per heavy atom. The number of anilines is 2. The van der Waals surface area contributed by atoms with E-state index in [2.05, 4.69) is 16.0 Å². The van der Waals surface area contributed by atoms with Crippen LogP contribution in [0.15, 0.2) is 42.5 Å². The third kappa shape index (κ3) is 6.18. The second kappa shape index (κ2) is 9.42. The summed E-state index contributed by atoms with van der Waals surface area (Å²) in [6.07, 6.45) is 0.297. The molecule has 0 bridgehead atoms. The van der Waals surface area contributed by atoms with Gasteiger partial charge >= 0.3 is 0 Å². The van der Waals surface area contributed by atoms with Gasteiger partial charge in [0.15, 0.2) is 0 Å². The van der Waals surface area contributed by atoms with Gasteiger partial charge in [-0.05, 0) is 30.3 Å². The molecular formula is C19H19F2N3O3. The van der Waals surface area contributed by atoms with Gasteiger partial charge in [0.25, 0.3) is 5.91 Å². The summed E-state index contributed by atoms with van der Waals surface area (Å²) in [5.74, 6) is -2.99. The highest BCUT2D eigenvalue weighted by Gasteiger charge is 2.12. The van der Waals surface area contributed by atoms with E-state index < -0.39 is 17.5 Å². The van der Waals surface area contributed by atoms with E-state index in [0.717, 1.165) is 12.1 Å². The van der Waals surface area contributed by atoms with Gasteiger partial charge in [-0.3, -0.25) is 14.4 Å². The fourth-order valence-corrected chi connectivity index (χ4v) is 2.21. The molecule has 0 aliphatic rings. The minimum atomic E-state index is -0.970. The van der Waals surface area contributed by atoms with Gasteiger partial charge in [0, 0.05) is 36.8 Å². The average Bonchev–Trinajstić information content (AvgIpc) is 2.61. The lowest BCUT2D eigenvalue weighted by Gasteiger charge is -2.09. The Bertz CT molecular complexity index is 856. The summed E-state index contributed by atoms with van der Waals surface area (Å²) in [5, 5.41) is 7.72. The van der Waals surface area contributed by atoms with Crippen LogP contribution in [-0.2, 0) is 9.59 Å². The van der Waals surface area contributed by atoms with Crippen molar-refractivity contribution in [2.45, 2.75) is 19.8 Å². The molecule has 0 radical (unpaired) electrons. The normalized spacial score (nSPS) is 10.2. The molecule has 0 saturated heterocycles. The van der Waals surface area contributed by atoms with Crippen molar-refractivity contribution in [1.82, 2.24) is 5.32 Å². The number of carbonyl (C=O) groups is 3. The molecule has 0 saturated carbocycles. The maximum Gasteiger partial charge on any atom is 0.254 e. The van der Waals surface area contributed by atoms with Crippen molar-refractivity contribution in [2.24, 2.45) is 0 Å². The highest BCUT2D eigenvalue weighted by atomic mass is 19.1. The van der Waals surface area contributed by atoms with E-state index in [1.54, 1.807) is 31.2 Å². The first-order valence-corrected chi connectivity index (χ1v) is 8.32. The van der Waals surface area contributed by atoms with Gasteiger partial charge in [-0.1, -0.05) is 13.0 Å². The van der Waals surface area contributed by atoms with E-state index in [-0.39, 0.29) is 30.3 Å². The van der Waals surface area contributed by atoms with Gasteiger partial charge in [0.05, 0.1) is 5.56 Å². The van der Waals surface area contributed by atoms with Crippen LogP contribution in [0.25, 0.3) is 0 Å². The molecule has 6 nitrogen and oxygen atoms in total. The minimum Gasteiger partial charge on any atom is -0.351 e. The van der Waals surface area contributed by atoms with Crippen molar-refractivity contribution in [3.8, 4) is 0 Å². The number of carbonyl (C=O) groups excluding carboxylic acids is 3. The number of hydrogen-bond donors (Lipinski definition) is 3. The molecule has 2 aromatic rings. The summed E-state index contributed by atoms with van der Waals surface area (Å²) in [6.45, 7) is 1.71. The predicted octanol–water partition coefficient (Wildman–Crippen LogP) is 3.07. The molecule has 142 valence electrons. The quantitative estimate of drug-likeness (QED) is 0.695. The highest BCUT2D eigenvalue weighted by molar-refractivity contribution is 5.96.